The molecule has 0 bridgehead atoms. The van der Waals surface area contributed by atoms with Gasteiger partial charge < -0.3 is 15.4 Å². The molecule has 6 rings (SSSR count). The molecule has 3 aliphatic rings. The summed E-state index contributed by atoms with van der Waals surface area (Å²) in [5.74, 6) is -6.57. The largest absolute Gasteiger partial charge is 0.465 e. The maximum absolute atomic E-state index is 16.1. The van der Waals surface area contributed by atoms with Crippen molar-refractivity contribution in [2.75, 3.05) is 24.3 Å². The number of nitrogens with zero attached hydrogens (tertiary/aromatic N) is 2. The molecule has 16 heteroatoms. The zero-order chi connectivity index (χ0) is 34.9. The maximum Gasteiger partial charge on any atom is 0.423 e. The monoisotopic (exact) mass is 708 g/mol. The van der Waals surface area contributed by atoms with E-state index in [4.69, 9.17) is 23.2 Å². The number of alkyl halides is 3. The summed E-state index contributed by atoms with van der Waals surface area (Å²) in [6.07, 6.45) is -3.74. The Bertz CT molecular complexity index is 1890. The third kappa shape index (κ3) is 5.26. The Kier molecular flexibility index (Phi) is 8.41. The van der Waals surface area contributed by atoms with Gasteiger partial charge in [-0.05, 0) is 61.6 Å². The molecule has 2 fully saturated rings. The van der Waals surface area contributed by atoms with Crippen LogP contribution in [0.25, 0.3) is 0 Å². The fourth-order valence-electron chi connectivity index (χ4n) is 7.22. The van der Waals surface area contributed by atoms with Gasteiger partial charge in [0.2, 0.25) is 11.8 Å². The molecule has 2 heterocycles. The predicted molar refractivity (Wildman–Crippen MR) is 166 cm³/mol. The van der Waals surface area contributed by atoms with Crippen molar-refractivity contribution in [2.24, 2.45) is 11.8 Å². The molecule has 2 N–H and O–H groups in total. The number of ether oxygens (including phenoxy) is 1. The normalized spacial score (nSPS) is 23.6. The summed E-state index contributed by atoms with van der Waals surface area (Å²) in [6.45, 7) is 1.94. The molecule has 0 aromatic heterocycles. The average molecular weight is 709 g/mol. The van der Waals surface area contributed by atoms with Crippen molar-refractivity contribution in [1.29, 1.82) is 0 Å². The minimum atomic E-state index is -5.40. The molecule has 0 unspecified atom stereocenters. The van der Waals surface area contributed by atoms with Gasteiger partial charge in [0.15, 0.2) is 0 Å². The first-order valence-electron chi connectivity index (χ1n) is 14.7. The Hall–Kier alpha value is -4.27. The van der Waals surface area contributed by atoms with E-state index in [0.29, 0.717) is 28.9 Å². The summed E-state index contributed by atoms with van der Waals surface area (Å²) < 4.78 is 63.3. The number of fused-ring (bicyclic) bond motifs is 2. The minimum absolute atomic E-state index is 0.114. The van der Waals surface area contributed by atoms with Crippen LogP contribution in [0, 0.1) is 27.8 Å². The number of hydrogen-bond donors (Lipinski definition) is 2. The number of methoxy groups -OCH3 is 1. The number of benzene rings is 3. The lowest BCUT2D eigenvalue weighted by Crippen LogP contribution is -2.52. The van der Waals surface area contributed by atoms with Crippen LogP contribution in [0.2, 0.25) is 10.0 Å². The lowest BCUT2D eigenvalue weighted by Gasteiger charge is -2.39. The van der Waals surface area contributed by atoms with Crippen LogP contribution in [0.5, 0.6) is 0 Å². The van der Waals surface area contributed by atoms with Crippen LogP contribution in [0.1, 0.15) is 52.7 Å². The molecule has 1 aliphatic carbocycles. The topological polar surface area (TPSA) is 131 Å². The third-order valence-electron chi connectivity index (χ3n) is 9.34. The number of nitro groups is 1. The van der Waals surface area contributed by atoms with E-state index in [1.807, 2.05) is 0 Å². The molecule has 3 aromatic carbocycles. The molecule has 1 spiro atoms. The van der Waals surface area contributed by atoms with Crippen molar-refractivity contribution >= 4 is 58.0 Å². The van der Waals surface area contributed by atoms with Crippen molar-refractivity contribution in [3.63, 3.8) is 0 Å². The second-order valence-electron chi connectivity index (χ2n) is 12.0. The lowest BCUT2D eigenvalue weighted by atomic mass is 9.71. The van der Waals surface area contributed by atoms with Crippen LogP contribution in [0.15, 0.2) is 48.5 Å². The Balaban J connectivity index is 1.56. The Morgan fingerprint density at radius 3 is 2.50 bits per heavy atom. The minimum Gasteiger partial charge on any atom is -0.465 e. The van der Waals surface area contributed by atoms with Gasteiger partial charge in [-0.3, -0.25) is 24.6 Å². The van der Waals surface area contributed by atoms with Crippen LogP contribution in [-0.2, 0) is 26.0 Å². The summed E-state index contributed by atoms with van der Waals surface area (Å²) >= 11 is 12.5. The molecule has 10 nitrogen and oxygen atoms in total. The highest BCUT2D eigenvalue weighted by atomic mass is 35.5. The van der Waals surface area contributed by atoms with Crippen molar-refractivity contribution < 1.29 is 41.6 Å². The van der Waals surface area contributed by atoms with Crippen LogP contribution in [-0.4, -0.2) is 47.3 Å². The van der Waals surface area contributed by atoms with Crippen LogP contribution in [0.3, 0.4) is 0 Å². The smallest absolute Gasteiger partial charge is 0.423 e. The number of likely N-dealkylation sites (tertiary alicyclic amines) is 1. The molecule has 252 valence electrons. The quantitative estimate of drug-likeness (QED) is 0.115. The van der Waals surface area contributed by atoms with Gasteiger partial charge in [-0.25, -0.2) is 9.18 Å². The van der Waals surface area contributed by atoms with Crippen molar-refractivity contribution in [1.82, 2.24) is 4.90 Å². The van der Waals surface area contributed by atoms with Gasteiger partial charge in [-0.1, -0.05) is 41.4 Å². The first-order valence-corrected chi connectivity index (χ1v) is 15.5. The highest BCUT2D eigenvalue weighted by molar-refractivity contribution is 6.31. The molecule has 1 saturated heterocycles. The highest BCUT2D eigenvalue weighted by Crippen LogP contribution is 2.61. The van der Waals surface area contributed by atoms with E-state index in [9.17, 15) is 37.7 Å². The van der Waals surface area contributed by atoms with E-state index >= 15 is 4.39 Å². The fourth-order valence-corrected chi connectivity index (χ4v) is 7.58. The second-order valence-corrected chi connectivity index (χ2v) is 12.9. The second kappa shape index (κ2) is 12.0. The van der Waals surface area contributed by atoms with E-state index in [0.717, 1.165) is 26.0 Å². The van der Waals surface area contributed by atoms with Crippen LogP contribution in [0.4, 0.5) is 34.6 Å². The number of nitro benzene ring substituents is 1. The maximum atomic E-state index is 16.1. The summed E-state index contributed by atoms with van der Waals surface area (Å²) in [6, 6.07) is 9.37. The lowest BCUT2D eigenvalue weighted by molar-refractivity contribution is -0.387. The van der Waals surface area contributed by atoms with Crippen molar-refractivity contribution in [2.45, 2.75) is 43.4 Å². The molecule has 4 atom stereocenters. The molecular formula is C32H26Cl2F4N4O6. The van der Waals surface area contributed by atoms with Crippen LogP contribution < -0.4 is 10.6 Å². The summed E-state index contributed by atoms with van der Waals surface area (Å²) in [7, 11) is 0.815. The van der Waals surface area contributed by atoms with Gasteiger partial charge in [-0.2, -0.15) is 13.2 Å². The van der Waals surface area contributed by atoms with E-state index in [-0.39, 0.29) is 16.5 Å². The SMILES string of the molecule is COC(=O)c1ccc(NC(=O)[C@@H]2[C@H](C)N(CC3CC3)[C@@]3(C(=O)Nc4cc(Cl)ccc43)[C@H]2c2cccc(Cl)c2F)c([N+](=O)[O-])c1C(F)(F)F. The number of esters is 1. The van der Waals surface area contributed by atoms with Gasteiger partial charge in [0, 0.05) is 34.8 Å². The molecule has 48 heavy (non-hydrogen) atoms. The first kappa shape index (κ1) is 33.6. The number of carbonyl (C=O) groups is 3. The number of nitrogens with one attached hydrogen (secondary N) is 2. The highest BCUT2D eigenvalue weighted by Gasteiger charge is 2.68. The van der Waals surface area contributed by atoms with E-state index in [1.54, 1.807) is 24.0 Å². The van der Waals surface area contributed by atoms with Gasteiger partial charge in [0.05, 0.1) is 28.5 Å². The zero-order valence-corrected chi connectivity index (χ0v) is 26.7. The molecule has 2 amide bonds. The number of rotatable bonds is 7. The van der Waals surface area contributed by atoms with Gasteiger partial charge in [0.25, 0.3) is 0 Å². The summed E-state index contributed by atoms with van der Waals surface area (Å²) in [5.41, 5.74) is -6.59. The third-order valence-corrected chi connectivity index (χ3v) is 9.87. The number of halogens is 6. The Morgan fingerprint density at radius 1 is 1.17 bits per heavy atom. The Morgan fingerprint density at radius 2 is 1.88 bits per heavy atom. The summed E-state index contributed by atoms with van der Waals surface area (Å²) in [4.78, 5) is 53.5. The fraction of sp³-hybridized carbons (Fsp3) is 0.344. The number of amides is 2. The van der Waals surface area contributed by atoms with E-state index in [2.05, 4.69) is 15.4 Å². The molecular weight excluding hydrogens is 683 g/mol. The van der Waals surface area contributed by atoms with Gasteiger partial charge in [0.1, 0.15) is 22.6 Å². The predicted octanol–water partition coefficient (Wildman–Crippen LogP) is 7.15. The molecule has 2 aliphatic heterocycles. The summed E-state index contributed by atoms with van der Waals surface area (Å²) in [5, 5.41) is 17.2. The van der Waals surface area contributed by atoms with Crippen molar-refractivity contribution in [3.8, 4) is 0 Å². The molecule has 3 aromatic rings. The number of carbonyl (C=O) groups excluding carboxylic acids is 3. The number of anilines is 2. The van der Waals surface area contributed by atoms with Gasteiger partial charge in [-0.15, -0.1) is 0 Å². The molecule has 0 radical (unpaired) electrons. The molecule has 1 saturated carbocycles. The van der Waals surface area contributed by atoms with Gasteiger partial charge >= 0.3 is 17.8 Å². The number of hydrogen-bond acceptors (Lipinski definition) is 7. The standard InChI is InChI=1S/C32H26Cl2F4N4O6/c1-14-23(28(43)39-21-11-9-18(29(44)48-2)25(32(36,37)38)27(21)42(46)47)24(17-4-3-5-20(34)26(17)35)31(41(14)13-15-6-7-15)19-10-8-16(33)12-22(19)40-30(31)45/h3-5,8-12,14-15,23-24H,6-7,13H2,1-2H3,(H,39,43)(H,40,45)/t14-,23+,24-,31+/m0/s1. The Labute approximate surface area is 280 Å². The van der Waals surface area contributed by atoms with Crippen molar-refractivity contribution in [3.05, 3.63) is 96.8 Å². The van der Waals surface area contributed by atoms with E-state index in [1.165, 1.54) is 24.3 Å². The first-order chi connectivity index (χ1) is 22.6. The van der Waals surface area contributed by atoms with E-state index < -0.39 is 80.6 Å². The van der Waals surface area contributed by atoms with Crippen LogP contribution >= 0.6 is 23.2 Å². The zero-order valence-electron chi connectivity index (χ0n) is 25.2. The average Bonchev–Trinajstić information content (AvgIpc) is 3.75.